The Morgan fingerprint density at radius 1 is 0.611 bits per heavy atom. The molecule has 12 heteroatoms. The van der Waals surface area contributed by atoms with Crippen LogP contribution in [0.15, 0.2) is 130 Å². The number of fused-ring (bicyclic) bond motifs is 8. The highest BCUT2D eigenvalue weighted by Gasteiger charge is 2.35. The van der Waals surface area contributed by atoms with E-state index in [1.165, 1.54) is 12.1 Å². The Labute approximate surface area is 311 Å². The number of nitrogens with zero attached hydrogens (tertiary/aromatic N) is 2. The second-order valence-electron chi connectivity index (χ2n) is 13.6. The van der Waals surface area contributed by atoms with E-state index >= 15 is 0 Å². The summed E-state index contributed by atoms with van der Waals surface area (Å²) in [6.07, 6.45) is 0. The van der Waals surface area contributed by atoms with E-state index in [9.17, 15) is 32.8 Å². The van der Waals surface area contributed by atoms with Gasteiger partial charge in [0.25, 0.3) is 21.9 Å². The van der Waals surface area contributed by atoms with Crippen LogP contribution < -0.4 is 21.3 Å². The van der Waals surface area contributed by atoms with Gasteiger partial charge in [0.2, 0.25) is 0 Å². The lowest BCUT2D eigenvalue weighted by Gasteiger charge is -2.33. The maximum Gasteiger partial charge on any atom is 0.294 e. The van der Waals surface area contributed by atoms with Crippen LogP contribution in [0.5, 0.6) is 11.5 Å². The maximum absolute atomic E-state index is 13.9. The van der Waals surface area contributed by atoms with Crippen molar-refractivity contribution in [2.75, 3.05) is 13.1 Å². The first kappa shape index (κ1) is 36.3. The molecule has 274 valence electrons. The Bertz CT molecular complexity index is 2650. The third-order valence-electron chi connectivity index (χ3n) is 9.98. The molecule has 0 fully saturated rings. The number of benzene rings is 6. The maximum atomic E-state index is 13.9. The molecule has 0 saturated carbocycles. The van der Waals surface area contributed by atoms with Crippen LogP contribution in [0.3, 0.4) is 0 Å². The van der Waals surface area contributed by atoms with Gasteiger partial charge < -0.3 is 20.8 Å². The van der Waals surface area contributed by atoms with E-state index in [0.29, 0.717) is 43.6 Å². The summed E-state index contributed by atoms with van der Waals surface area (Å²) < 4.78 is 37.1. The Kier molecular flexibility index (Phi) is 9.89. The van der Waals surface area contributed by atoms with Crippen LogP contribution in [0.4, 0.5) is 0 Å². The van der Waals surface area contributed by atoms with Crippen LogP contribution in [-0.2, 0) is 10.1 Å². The molecule has 1 aliphatic heterocycles. The summed E-state index contributed by atoms with van der Waals surface area (Å²) in [7, 11) is -4.88. The quantitative estimate of drug-likeness (QED) is 0.0840. The lowest BCUT2D eigenvalue weighted by atomic mass is 9.84. The molecule has 0 saturated heterocycles. The van der Waals surface area contributed by atoms with E-state index in [0.717, 1.165) is 0 Å². The van der Waals surface area contributed by atoms with E-state index in [1.807, 2.05) is 6.92 Å². The first-order chi connectivity index (χ1) is 25.9. The van der Waals surface area contributed by atoms with Crippen molar-refractivity contribution < 1.29 is 32.8 Å². The zero-order valence-corrected chi connectivity index (χ0v) is 30.3. The molecule has 54 heavy (non-hydrogen) atoms. The fraction of sp³-hybridized carbons (Fsp3) is 0.190. The standard InChI is InChI=1S/C42H38N4O7S/c1-24-22-43-31-20-21-32(36-35(31)39(47)28-16-9-10-17-29(28)40(36)48)44-23-25(2)38(46-42(50)27-14-7-4-8-15-27)34-30(18-11-19-33(34)54(51,52)53)37(24)45-41(49)26-12-5-3-6-13-26/h3-21,24-25,37-38,47-48H,22-23H2,1-2H3,(H,45,49)(H,46,50)(H,51,52,53). The first-order valence-corrected chi connectivity index (χ1v) is 18.9. The minimum absolute atomic E-state index is 0.00575. The SMILES string of the molecule is CC1CN=c2ccc(c3c(O)c4ccccc4c(O)c23)=NCC(C)C(NC(=O)c2ccccc2)c2c(cccc2S(=O)(=O)O)C1NC(=O)c1ccccc1. The first-order valence-electron chi connectivity index (χ1n) is 17.5. The predicted molar refractivity (Wildman–Crippen MR) is 205 cm³/mol. The molecule has 6 aromatic rings. The van der Waals surface area contributed by atoms with E-state index in [4.69, 9.17) is 9.98 Å². The Balaban J connectivity index is 1.52. The molecular formula is C42H38N4O7S. The number of hydrogen-bond donors (Lipinski definition) is 5. The van der Waals surface area contributed by atoms with Crippen LogP contribution >= 0.6 is 0 Å². The van der Waals surface area contributed by atoms with Crippen LogP contribution in [0.25, 0.3) is 21.5 Å². The molecule has 7 rings (SSSR count). The fourth-order valence-corrected chi connectivity index (χ4v) is 8.00. The normalized spacial score (nSPS) is 18.9. The lowest BCUT2D eigenvalue weighted by molar-refractivity contribution is 0.0909. The zero-order valence-electron chi connectivity index (χ0n) is 29.5. The molecular weight excluding hydrogens is 705 g/mol. The van der Waals surface area contributed by atoms with Gasteiger partial charge in [-0.2, -0.15) is 8.42 Å². The monoisotopic (exact) mass is 742 g/mol. The Hall–Kier alpha value is -6.11. The van der Waals surface area contributed by atoms with Gasteiger partial charge in [0.15, 0.2) is 0 Å². The van der Waals surface area contributed by atoms with Crippen LogP contribution in [0, 0.1) is 11.8 Å². The molecule has 2 amide bonds. The van der Waals surface area contributed by atoms with Crippen LogP contribution in [0.2, 0.25) is 0 Å². The molecule has 4 atom stereocenters. The van der Waals surface area contributed by atoms with Gasteiger partial charge in [-0.15, -0.1) is 0 Å². The summed E-state index contributed by atoms with van der Waals surface area (Å²) in [5, 5.41) is 31.7. The van der Waals surface area contributed by atoms with E-state index in [1.54, 1.807) is 110 Å². The number of phenolic OH excluding ortho intramolecular Hbond substituents is 2. The van der Waals surface area contributed by atoms with Gasteiger partial charge in [0.05, 0.1) is 38.5 Å². The highest BCUT2D eigenvalue weighted by molar-refractivity contribution is 7.85. The minimum atomic E-state index is -4.88. The Morgan fingerprint density at radius 2 is 1.06 bits per heavy atom. The molecule has 11 nitrogen and oxygen atoms in total. The lowest BCUT2D eigenvalue weighted by Crippen LogP contribution is -2.39. The molecule has 1 heterocycles. The van der Waals surface area contributed by atoms with Gasteiger partial charge >= 0.3 is 0 Å². The van der Waals surface area contributed by atoms with Crippen molar-refractivity contribution in [3.05, 3.63) is 148 Å². The third-order valence-corrected chi connectivity index (χ3v) is 10.9. The van der Waals surface area contributed by atoms with E-state index < -0.39 is 50.7 Å². The van der Waals surface area contributed by atoms with Crippen LogP contribution in [-0.4, -0.2) is 48.1 Å². The van der Waals surface area contributed by atoms with Gasteiger partial charge in [-0.3, -0.25) is 24.1 Å². The molecule has 2 bridgehead atoms. The third kappa shape index (κ3) is 6.89. The van der Waals surface area contributed by atoms with Gasteiger partial charge in [-0.25, -0.2) is 0 Å². The largest absolute Gasteiger partial charge is 0.507 e. The molecule has 1 aliphatic rings. The summed E-state index contributed by atoms with van der Waals surface area (Å²) >= 11 is 0. The second kappa shape index (κ2) is 14.7. The highest BCUT2D eigenvalue weighted by Crippen LogP contribution is 2.40. The summed E-state index contributed by atoms with van der Waals surface area (Å²) in [4.78, 5) is 37.1. The number of carbonyl (C=O) groups is 2. The van der Waals surface area contributed by atoms with Gasteiger partial charge in [0, 0.05) is 52.4 Å². The van der Waals surface area contributed by atoms with Crippen molar-refractivity contribution >= 4 is 43.5 Å². The number of amides is 2. The number of carbonyl (C=O) groups excluding carboxylic acids is 2. The van der Waals surface area contributed by atoms with Crippen molar-refractivity contribution in [2.45, 2.75) is 30.8 Å². The summed E-state index contributed by atoms with van der Waals surface area (Å²) in [6.45, 7) is 3.68. The molecule has 0 spiro atoms. The van der Waals surface area contributed by atoms with Crippen molar-refractivity contribution in [1.29, 1.82) is 0 Å². The van der Waals surface area contributed by atoms with Gasteiger partial charge in [-0.05, 0) is 48.0 Å². The van der Waals surface area contributed by atoms with E-state index in [2.05, 4.69) is 10.6 Å². The van der Waals surface area contributed by atoms with Crippen molar-refractivity contribution in [3.8, 4) is 11.5 Å². The second-order valence-corrected chi connectivity index (χ2v) is 15.0. The number of rotatable bonds is 5. The average Bonchev–Trinajstić information content (AvgIpc) is 3.18. The summed E-state index contributed by atoms with van der Waals surface area (Å²) in [6, 6.07) is 29.8. The minimum Gasteiger partial charge on any atom is -0.507 e. The van der Waals surface area contributed by atoms with Crippen LogP contribution in [0.1, 0.15) is 57.8 Å². The molecule has 0 aliphatic carbocycles. The molecule has 5 N–H and O–H groups in total. The Morgan fingerprint density at radius 3 is 1.54 bits per heavy atom. The average molecular weight is 743 g/mol. The number of aromatic hydroxyl groups is 2. The topological polar surface area (TPSA) is 178 Å². The number of phenols is 2. The van der Waals surface area contributed by atoms with Gasteiger partial charge in [0.1, 0.15) is 11.5 Å². The smallest absolute Gasteiger partial charge is 0.294 e. The summed E-state index contributed by atoms with van der Waals surface area (Å²) in [5.41, 5.74) is 1.13. The molecule has 0 aromatic heterocycles. The van der Waals surface area contributed by atoms with Crippen molar-refractivity contribution in [1.82, 2.24) is 10.6 Å². The molecule has 0 radical (unpaired) electrons. The number of hydrogen-bond acceptors (Lipinski definition) is 8. The molecule has 4 unspecified atom stereocenters. The fourth-order valence-electron chi connectivity index (χ4n) is 7.23. The predicted octanol–water partition coefficient (Wildman–Crippen LogP) is 5.82. The molecule has 6 aromatic carbocycles. The zero-order chi connectivity index (χ0) is 38.1. The van der Waals surface area contributed by atoms with E-state index in [-0.39, 0.29) is 35.5 Å². The van der Waals surface area contributed by atoms with Crippen molar-refractivity contribution in [3.63, 3.8) is 0 Å². The van der Waals surface area contributed by atoms with Gasteiger partial charge in [-0.1, -0.05) is 86.6 Å². The highest BCUT2D eigenvalue weighted by atomic mass is 32.2. The number of nitrogens with one attached hydrogen (secondary N) is 2. The van der Waals surface area contributed by atoms with Crippen molar-refractivity contribution in [2.24, 2.45) is 21.8 Å². The summed E-state index contributed by atoms with van der Waals surface area (Å²) in [5.74, 6) is -2.28.